The lowest BCUT2D eigenvalue weighted by atomic mass is 10.0. The number of nitriles is 1. The molecule has 2 rings (SSSR count). The van der Waals surface area contributed by atoms with Crippen molar-refractivity contribution in [3.05, 3.63) is 53.9 Å². The molecule has 0 aliphatic rings. The van der Waals surface area contributed by atoms with Crippen LogP contribution in [0.15, 0.2) is 42.7 Å². The van der Waals surface area contributed by atoms with E-state index in [2.05, 4.69) is 11.1 Å². The molecular formula is C16H14N2O2. The largest absolute Gasteiger partial charge is 0.493 e. The van der Waals surface area contributed by atoms with Gasteiger partial charge in [-0.25, -0.2) is 0 Å². The van der Waals surface area contributed by atoms with Crippen LogP contribution >= 0.6 is 0 Å². The van der Waals surface area contributed by atoms with Crippen molar-refractivity contribution in [3.8, 4) is 17.6 Å². The lowest BCUT2D eigenvalue weighted by molar-refractivity contribution is 0.355. The number of rotatable bonds is 4. The predicted octanol–water partition coefficient (Wildman–Crippen LogP) is 3.16. The van der Waals surface area contributed by atoms with Crippen LogP contribution in [0.5, 0.6) is 11.5 Å². The molecule has 0 saturated carbocycles. The third-order valence-corrected chi connectivity index (χ3v) is 2.83. The van der Waals surface area contributed by atoms with E-state index in [1.807, 2.05) is 18.2 Å². The highest BCUT2D eigenvalue weighted by Crippen LogP contribution is 2.29. The maximum absolute atomic E-state index is 9.27. The van der Waals surface area contributed by atoms with Crippen molar-refractivity contribution in [2.75, 3.05) is 14.2 Å². The first-order valence-corrected chi connectivity index (χ1v) is 6.02. The lowest BCUT2D eigenvalue weighted by Crippen LogP contribution is -1.91. The summed E-state index contributed by atoms with van der Waals surface area (Å²) in [6.45, 7) is 0. The van der Waals surface area contributed by atoms with Gasteiger partial charge in [0.15, 0.2) is 11.5 Å². The summed E-state index contributed by atoms with van der Waals surface area (Å²) in [6.07, 6.45) is 5.13. The van der Waals surface area contributed by atoms with Gasteiger partial charge in [0.05, 0.1) is 25.9 Å². The van der Waals surface area contributed by atoms with Crippen LogP contribution in [0, 0.1) is 11.3 Å². The van der Waals surface area contributed by atoms with Crippen LogP contribution in [0.25, 0.3) is 11.6 Å². The monoisotopic (exact) mass is 266 g/mol. The Morgan fingerprint density at radius 3 is 2.40 bits per heavy atom. The standard InChI is InChI=1S/C16H14N2O2/c1-19-15-4-3-12(10-16(15)20-2)9-14(11-17)13-5-7-18-8-6-13/h3-10H,1-2H3/b14-9+. The molecule has 1 aromatic carbocycles. The number of hydrogen-bond donors (Lipinski definition) is 0. The van der Waals surface area contributed by atoms with E-state index in [0.29, 0.717) is 17.1 Å². The van der Waals surface area contributed by atoms with E-state index in [1.54, 1.807) is 44.8 Å². The molecule has 2 aromatic rings. The Labute approximate surface area is 117 Å². The molecule has 4 nitrogen and oxygen atoms in total. The van der Waals surface area contributed by atoms with E-state index >= 15 is 0 Å². The number of nitrogens with zero attached hydrogens (tertiary/aromatic N) is 2. The summed E-state index contributed by atoms with van der Waals surface area (Å²) in [5.41, 5.74) is 2.27. The van der Waals surface area contributed by atoms with Gasteiger partial charge < -0.3 is 9.47 Å². The summed E-state index contributed by atoms with van der Waals surface area (Å²) < 4.78 is 10.4. The molecule has 0 aliphatic heterocycles. The van der Waals surface area contributed by atoms with E-state index in [1.165, 1.54) is 0 Å². The molecular weight excluding hydrogens is 252 g/mol. The first-order valence-electron chi connectivity index (χ1n) is 6.02. The molecule has 0 unspecified atom stereocenters. The van der Waals surface area contributed by atoms with Crippen molar-refractivity contribution in [1.82, 2.24) is 4.98 Å². The quantitative estimate of drug-likeness (QED) is 0.798. The van der Waals surface area contributed by atoms with Crippen molar-refractivity contribution < 1.29 is 9.47 Å². The Hall–Kier alpha value is -2.80. The van der Waals surface area contributed by atoms with E-state index in [0.717, 1.165) is 11.1 Å². The maximum Gasteiger partial charge on any atom is 0.161 e. The second kappa shape index (κ2) is 6.39. The zero-order chi connectivity index (χ0) is 14.4. The molecule has 20 heavy (non-hydrogen) atoms. The van der Waals surface area contributed by atoms with E-state index < -0.39 is 0 Å². The molecule has 1 aromatic heterocycles. The summed E-state index contributed by atoms with van der Waals surface area (Å²) in [5, 5.41) is 9.27. The van der Waals surface area contributed by atoms with Crippen molar-refractivity contribution >= 4 is 11.6 Å². The van der Waals surface area contributed by atoms with Crippen LogP contribution in [0.1, 0.15) is 11.1 Å². The molecule has 4 heteroatoms. The Balaban J connectivity index is 2.41. The van der Waals surface area contributed by atoms with Crippen molar-refractivity contribution in [1.29, 1.82) is 5.26 Å². The number of hydrogen-bond acceptors (Lipinski definition) is 4. The predicted molar refractivity (Wildman–Crippen MR) is 77.3 cm³/mol. The fourth-order valence-electron chi connectivity index (χ4n) is 1.82. The first kappa shape index (κ1) is 13.6. The second-order valence-corrected chi connectivity index (χ2v) is 4.02. The van der Waals surface area contributed by atoms with Gasteiger partial charge in [-0.05, 0) is 41.5 Å². The van der Waals surface area contributed by atoms with Gasteiger partial charge in [0.2, 0.25) is 0 Å². The SMILES string of the molecule is COc1ccc(/C=C(\C#N)c2ccncc2)cc1OC. The highest BCUT2D eigenvalue weighted by molar-refractivity contribution is 5.89. The van der Waals surface area contributed by atoms with Gasteiger partial charge in [0.1, 0.15) is 0 Å². The fourth-order valence-corrected chi connectivity index (χ4v) is 1.82. The van der Waals surface area contributed by atoms with Crippen LogP contribution in [0.4, 0.5) is 0 Å². The van der Waals surface area contributed by atoms with Crippen LogP contribution in [0.2, 0.25) is 0 Å². The average molecular weight is 266 g/mol. The van der Waals surface area contributed by atoms with Crippen LogP contribution in [0.3, 0.4) is 0 Å². The Kier molecular flexibility index (Phi) is 4.35. The molecule has 0 bridgehead atoms. The summed E-state index contributed by atoms with van der Waals surface area (Å²) in [7, 11) is 3.17. The van der Waals surface area contributed by atoms with Gasteiger partial charge in [0.25, 0.3) is 0 Å². The van der Waals surface area contributed by atoms with Crippen molar-refractivity contribution in [2.24, 2.45) is 0 Å². The van der Waals surface area contributed by atoms with Gasteiger partial charge in [-0.15, -0.1) is 0 Å². The number of ether oxygens (including phenoxy) is 2. The topological polar surface area (TPSA) is 55.1 Å². The van der Waals surface area contributed by atoms with Crippen LogP contribution < -0.4 is 9.47 Å². The van der Waals surface area contributed by atoms with Crippen molar-refractivity contribution in [2.45, 2.75) is 0 Å². The molecule has 0 fully saturated rings. The number of pyridine rings is 1. The number of methoxy groups -OCH3 is 2. The van der Waals surface area contributed by atoms with Gasteiger partial charge >= 0.3 is 0 Å². The normalized spacial score (nSPS) is 10.8. The van der Waals surface area contributed by atoms with Gasteiger partial charge in [-0.2, -0.15) is 5.26 Å². The lowest BCUT2D eigenvalue weighted by Gasteiger charge is -2.08. The number of benzene rings is 1. The smallest absolute Gasteiger partial charge is 0.161 e. The van der Waals surface area contributed by atoms with Gasteiger partial charge in [-0.3, -0.25) is 4.98 Å². The third-order valence-electron chi connectivity index (χ3n) is 2.83. The van der Waals surface area contributed by atoms with E-state index in [-0.39, 0.29) is 0 Å². The van der Waals surface area contributed by atoms with E-state index in [9.17, 15) is 5.26 Å². The Morgan fingerprint density at radius 2 is 1.80 bits per heavy atom. The zero-order valence-corrected chi connectivity index (χ0v) is 11.3. The Bertz CT molecular complexity index is 658. The zero-order valence-electron chi connectivity index (χ0n) is 11.3. The minimum Gasteiger partial charge on any atom is -0.493 e. The number of aromatic nitrogens is 1. The fraction of sp³-hybridized carbons (Fsp3) is 0.125. The second-order valence-electron chi connectivity index (χ2n) is 4.02. The summed E-state index contributed by atoms with van der Waals surface area (Å²) in [4.78, 5) is 3.95. The number of allylic oxidation sites excluding steroid dienone is 1. The summed E-state index contributed by atoms with van der Waals surface area (Å²) in [5.74, 6) is 1.29. The van der Waals surface area contributed by atoms with Crippen LogP contribution in [-0.4, -0.2) is 19.2 Å². The minimum absolute atomic E-state index is 0.569. The van der Waals surface area contributed by atoms with Gasteiger partial charge in [-0.1, -0.05) is 6.07 Å². The highest BCUT2D eigenvalue weighted by atomic mass is 16.5. The van der Waals surface area contributed by atoms with Crippen molar-refractivity contribution in [3.63, 3.8) is 0 Å². The molecule has 0 saturated heterocycles. The van der Waals surface area contributed by atoms with Gasteiger partial charge in [0, 0.05) is 12.4 Å². The summed E-state index contributed by atoms with van der Waals surface area (Å²) >= 11 is 0. The molecule has 100 valence electrons. The first-order chi connectivity index (χ1) is 9.78. The molecule has 0 amide bonds. The average Bonchev–Trinajstić information content (AvgIpc) is 2.53. The molecule has 0 N–H and O–H groups in total. The molecule has 0 aliphatic carbocycles. The molecule has 0 atom stereocenters. The molecule has 1 heterocycles. The molecule has 0 spiro atoms. The Morgan fingerprint density at radius 1 is 1.10 bits per heavy atom. The van der Waals surface area contributed by atoms with E-state index in [4.69, 9.17) is 9.47 Å². The molecule has 0 radical (unpaired) electrons. The summed E-state index contributed by atoms with van der Waals surface area (Å²) in [6, 6.07) is 11.3. The van der Waals surface area contributed by atoms with Crippen LogP contribution in [-0.2, 0) is 0 Å². The minimum atomic E-state index is 0.569. The highest BCUT2D eigenvalue weighted by Gasteiger charge is 2.05. The third kappa shape index (κ3) is 2.96. The maximum atomic E-state index is 9.27.